The second-order valence-corrected chi connectivity index (χ2v) is 7.45. The van der Waals surface area contributed by atoms with Gasteiger partial charge in [0.15, 0.2) is 0 Å². The van der Waals surface area contributed by atoms with Crippen LogP contribution < -0.4 is 10.1 Å². The predicted molar refractivity (Wildman–Crippen MR) is 123 cm³/mol. The number of benzene rings is 3. The van der Waals surface area contributed by atoms with E-state index < -0.39 is 11.9 Å². The number of nitrogens with zero attached hydrogens (tertiary/aromatic N) is 1. The van der Waals surface area contributed by atoms with E-state index >= 15 is 0 Å². The highest BCUT2D eigenvalue weighted by atomic mass is 35.5. The van der Waals surface area contributed by atoms with Gasteiger partial charge in [0.25, 0.3) is 5.91 Å². The van der Waals surface area contributed by atoms with Gasteiger partial charge < -0.3 is 15.2 Å². The quantitative estimate of drug-likeness (QED) is 0.337. The molecule has 0 aromatic heterocycles. The molecule has 0 aliphatic carbocycles. The van der Waals surface area contributed by atoms with Gasteiger partial charge in [0.2, 0.25) is 0 Å². The number of amides is 1. The Labute approximate surface area is 194 Å². The van der Waals surface area contributed by atoms with Crippen molar-refractivity contribution in [1.29, 1.82) is 5.26 Å². The van der Waals surface area contributed by atoms with E-state index in [0.29, 0.717) is 21.4 Å². The average Bonchev–Trinajstić information content (AvgIpc) is 2.77. The SMILES string of the molecule is N#C/C(=C/c1ccc(OCc2ccc(Cl)cc2Cl)cc1)C(=O)Nc1cccc(C(=O)O)c1. The summed E-state index contributed by atoms with van der Waals surface area (Å²) in [6, 6.07) is 19.6. The normalized spacial score (nSPS) is 10.8. The molecule has 8 heteroatoms. The summed E-state index contributed by atoms with van der Waals surface area (Å²) >= 11 is 12.0. The Morgan fingerprint density at radius 1 is 1.06 bits per heavy atom. The van der Waals surface area contributed by atoms with Gasteiger partial charge in [-0.2, -0.15) is 5.26 Å². The molecule has 3 aromatic carbocycles. The van der Waals surface area contributed by atoms with Crippen molar-refractivity contribution in [2.75, 3.05) is 5.32 Å². The molecule has 160 valence electrons. The van der Waals surface area contributed by atoms with Crippen LogP contribution in [-0.4, -0.2) is 17.0 Å². The number of ether oxygens (including phenoxy) is 1. The molecule has 0 fully saturated rings. The maximum atomic E-state index is 12.4. The first-order valence-electron chi connectivity index (χ1n) is 9.29. The Kier molecular flexibility index (Phi) is 7.50. The Morgan fingerprint density at radius 2 is 1.81 bits per heavy atom. The van der Waals surface area contributed by atoms with Crippen LogP contribution in [0.2, 0.25) is 10.0 Å². The molecule has 0 radical (unpaired) electrons. The lowest BCUT2D eigenvalue weighted by Crippen LogP contribution is -2.13. The van der Waals surface area contributed by atoms with Crippen LogP contribution in [0.4, 0.5) is 5.69 Å². The zero-order valence-corrected chi connectivity index (χ0v) is 18.0. The van der Waals surface area contributed by atoms with Crippen LogP contribution in [0.1, 0.15) is 21.5 Å². The number of nitriles is 1. The minimum atomic E-state index is -1.11. The molecule has 0 aliphatic rings. The highest BCUT2D eigenvalue weighted by molar-refractivity contribution is 6.35. The lowest BCUT2D eigenvalue weighted by molar-refractivity contribution is -0.112. The van der Waals surface area contributed by atoms with Gasteiger partial charge in [-0.25, -0.2) is 4.79 Å². The second-order valence-electron chi connectivity index (χ2n) is 6.60. The number of carboxylic acids is 1. The lowest BCUT2D eigenvalue weighted by atomic mass is 10.1. The molecule has 0 spiro atoms. The molecule has 6 nitrogen and oxygen atoms in total. The fourth-order valence-corrected chi connectivity index (χ4v) is 3.17. The molecule has 0 saturated heterocycles. The third-order valence-corrected chi connectivity index (χ3v) is 4.92. The number of carboxylic acid groups (broad SMARTS) is 1. The van der Waals surface area contributed by atoms with Gasteiger partial charge >= 0.3 is 5.97 Å². The van der Waals surface area contributed by atoms with E-state index in [9.17, 15) is 14.9 Å². The van der Waals surface area contributed by atoms with E-state index in [1.54, 1.807) is 48.5 Å². The van der Waals surface area contributed by atoms with Crippen molar-refractivity contribution in [1.82, 2.24) is 0 Å². The average molecular weight is 467 g/mol. The van der Waals surface area contributed by atoms with E-state index in [1.807, 2.05) is 6.07 Å². The topological polar surface area (TPSA) is 99.4 Å². The van der Waals surface area contributed by atoms with Crippen molar-refractivity contribution in [3.8, 4) is 11.8 Å². The fraction of sp³-hybridized carbons (Fsp3) is 0.0417. The zero-order valence-electron chi connectivity index (χ0n) is 16.5. The van der Waals surface area contributed by atoms with Crippen molar-refractivity contribution in [2.24, 2.45) is 0 Å². The third kappa shape index (κ3) is 6.11. The Morgan fingerprint density at radius 3 is 2.47 bits per heavy atom. The molecule has 0 unspecified atom stereocenters. The Balaban J connectivity index is 1.66. The molecule has 0 bridgehead atoms. The number of anilines is 1. The predicted octanol–water partition coefficient (Wildman–Crippen LogP) is 5.82. The van der Waals surface area contributed by atoms with Gasteiger partial charge in [-0.05, 0) is 54.1 Å². The first kappa shape index (κ1) is 22.9. The highest BCUT2D eigenvalue weighted by Gasteiger charge is 2.11. The zero-order chi connectivity index (χ0) is 23.1. The van der Waals surface area contributed by atoms with Crippen molar-refractivity contribution in [3.63, 3.8) is 0 Å². The molecule has 2 N–H and O–H groups in total. The molecule has 0 saturated carbocycles. The largest absolute Gasteiger partial charge is 0.489 e. The van der Waals surface area contributed by atoms with E-state index in [4.69, 9.17) is 33.0 Å². The van der Waals surface area contributed by atoms with E-state index in [0.717, 1.165) is 5.56 Å². The van der Waals surface area contributed by atoms with Crippen LogP contribution in [-0.2, 0) is 11.4 Å². The molecule has 3 aromatic rings. The summed E-state index contributed by atoms with van der Waals surface area (Å²) in [5.74, 6) is -1.17. The van der Waals surface area contributed by atoms with Crippen LogP contribution in [0.5, 0.6) is 5.75 Å². The second kappa shape index (κ2) is 10.5. The number of carbonyl (C=O) groups is 2. The number of hydrogen-bond acceptors (Lipinski definition) is 4. The van der Waals surface area contributed by atoms with Gasteiger partial charge in [-0.15, -0.1) is 0 Å². The minimum absolute atomic E-state index is 0.0285. The highest BCUT2D eigenvalue weighted by Crippen LogP contribution is 2.23. The summed E-state index contributed by atoms with van der Waals surface area (Å²) in [6.45, 7) is 0.256. The molecular weight excluding hydrogens is 451 g/mol. The van der Waals surface area contributed by atoms with Crippen LogP contribution in [0.25, 0.3) is 6.08 Å². The minimum Gasteiger partial charge on any atom is -0.489 e. The first-order valence-corrected chi connectivity index (χ1v) is 10.0. The smallest absolute Gasteiger partial charge is 0.335 e. The molecule has 32 heavy (non-hydrogen) atoms. The number of nitrogens with one attached hydrogen (secondary N) is 1. The maximum absolute atomic E-state index is 12.4. The van der Waals surface area contributed by atoms with Crippen molar-refractivity contribution in [2.45, 2.75) is 6.61 Å². The van der Waals surface area contributed by atoms with Crippen molar-refractivity contribution >= 4 is 46.8 Å². The number of rotatable bonds is 7. The first-order chi connectivity index (χ1) is 15.4. The van der Waals surface area contributed by atoms with Gasteiger partial charge in [-0.1, -0.05) is 47.5 Å². The van der Waals surface area contributed by atoms with Gasteiger partial charge in [0.05, 0.1) is 5.56 Å². The Hall–Kier alpha value is -3.79. The summed E-state index contributed by atoms with van der Waals surface area (Å²) in [7, 11) is 0. The summed E-state index contributed by atoms with van der Waals surface area (Å²) < 4.78 is 5.72. The molecule has 3 rings (SSSR count). The number of hydrogen-bond donors (Lipinski definition) is 2. The summed E-state index contributed by atoms with van der Waals surface area (Å²) in [5.41, 5.74) is 1.58. The standard InChI is InChI=1S/C24H16Cl2N2O4/c25-19-7-6-17(22(26)12-19)14-32-21-8-4-15(5-9-21)10-18(13-27)23(29)28-20-3-1-2-16(11-20)24(30)31/h1-12H,14H2,(H,28,29)(H,30,31)/b18-10-. The molecular formula is C24H16Cl2N2O4. The summed E-state index contributed by atoms with van der Waals surface area (Å²) in [4.78, 5) is 23.5. The molecule has 0 heterocycles. The van der Waals surface area contributed by atoms with Crippen LogP contribution in [0.3, 0.4) is 0 Å². The molecule has 0 atom stereocenters. The summed E-state index contributed by atoms with van der Waals surface area (Å²) in [6.07, 6.45) is 1.43. The molecule has 1 amide bonds. The monoisotopic (exact) mass is 466 g/mol. The summed E-state index contributed by atoms with van der Waals surface area (Å²) in [5, 5.41) is 22.0. The maximum Gasteiger partial charge on any atom is 0.335 e. The number of aromatic carboxylic acids is 1. The van der Waals surface area contributed by atoms with E-state index in [-0.39, 0.29) is 23.4 Å². The fourth-order valence-electron chi connectivity index (χ4n) is 2.70. The van der Waals surface area contributed by atoms with Crippen LogP contribution in [0.15, 0.2) is 72.3 Å². The van der Waals surface area contributed by atoms with Gasteiger partial charge in [-0.3, -0.25) is 4.79 Å². The molecule has 0 aliphatic heterocycles. The van der Waals surface area contributed by atoms with Crippen molar-refractivity contribution < 1.29 is 19.4 Å². The van der Waals surface area contributed by atoms with Crippen LogP contribution in [0, 0.1) is 11.3 Å². The lowest BCUT2D eigenvalue weighted by Gasteiger charge is -2.08. The van der Waals surface area contributed by atoms with Gasteiger partial charge in [0, 0.05) is 21.3 Å². The van der Waals surface area contributed by atoms with Gasteiger partial charge in [0.1, 0.15) is 24.0 Å². The van der Waals surface area contributed by atoms with E-state index in [2.05, 4.69) is 5.32 Å². The van der Waals surface area contributed by atoms with Crippen molar-refractivity contribution in [3.05, 3.63) is 99.0 Å². The van der Waals surface area contributed by atoms with E-state index in [1.165, 1.54) is 24.3 Å². The Bertz CT molecular complexity index is 1230. The number of carbonyl (C=O) groups excluding carboxylic acids is 1. The number of halogens is 2. The third-order valence-electron chi connectivity index (χ3n) is 4.33. The van der Waals surface area contributed by atoms with Crippen LogP contribution >= 0.6 is 23.2 Å².